The van der Waals surface area contributed by atoms with Crippen LogP contribution in [-0.4, -0.2) is 21.1 Å². The van der Waals surface area contributed by atoms with Crippen LogP contribution in [0.1, 0.15) is 13.8 Å². The van der Waals surface area contributed by atoms with Gasteiger partial charge in [0, 0.05) is 5.56 Å². The minimum absolute atomic E-state index is 0.0168. The van der Waals surface area contributed by atoms with Crippen molar-refractivity contribution in [2.24, 2.45) is 0 Å². The van der Waals surface area contributed by atoms with Crippen molar-refractivity contribution in [3.63, 3.8) is 0 Å². The lowest BCUT2D eigenvalue weighted by Gasteiger charge is -2.09. The van der Waals surface area contributed by atoms with Gasteiger partial charge in [-0.25, -0.2) is 5.48 Å². The first-order chi connectivity index (χ1) is 8.65. The Labute approximate surface area is 105 Å². The number of nitrogens with two attached hydrogens (primary N) is 1. The number of nitrogens with one attached hydrogen (secondary N) is 1. The van der Waals surface area contributed by atoms with Crippen LogP contribution >= 0.6 is 0 Å². The predicted molar refractivity (Wildman–Crippen MR) is 69.5 cm³/mol. The standard InChI is InChI=1S/C12H15N5O/c1-8(2)18-17-12-15-10(14-11(13)16-12)9-6-4-3-5-7-9/h3-8H,1-2H3,(H3,13,14,15,16,17). The molecule has 0 unspecified atom stereocenters. The Morgan fingerprint density at radius 1 is 1.11 bits per heavy atom. The van der Waals surface area contributed by atoms with E-state index < -0.39 is 0 Å². The molecule has 2 aromatic rings. The van der Waals surface area contributed by atoms with Gasteiger partial charge in [-0.2, -0.15) is 15.0 Å². The molecule has 0 radical (unpaired) electrons. The topological polar surface area (TPSA) is 86.0 Å². The van der Waals surface area contributed by atoms with Gasteiger partial charge >= 0.3 is 0 Å². The summed E-state index contributed by atoms with van der Waals surface area (Å²) in [5.41, 5.74) is 9.17. The maximum atomic E-state index is 5.65. The molecule has 0 saturated carbocycles. The highest BCUT2D eigenvalue weighted by atomic mass is 16.7. The van der Waals surface area contributed by atoms with E-state index in [1.54, 1.807) is 0 Å². The highest BCUT2D eigenvalue weighted by Gasteiger charge is 2.06. The lowest BCUT2D eigenvalue weighted by Crippen LogP contribution is -2.13. The minimum atomic E-state index is 0.0168. The van der Waals surface area contributed by atoms with Crippen molar-refractivity contribution in [3.05, 3.63) is 30.3 Å². The van der Waals surface area contributed by atoms with E-state index in [0.29, 0.717) is 11.8 Å². The lowest BCUT2D eigenvalue weighted by atomic mass is 10.2. The largest absolute Gasteiger partial charge is 0.368 e. The zero-order chi connectivity index (χ0) is 13.0. The van der Waals surface area contributed by atoms with Crippen LogP contribution in [0.15, 0.2) is 30.3 Å². The molecule has 0 aliphatic rings. The molecule has 0 aliphatic heterocycles. The third-order valence-electron chi connectivity index (χ3n) is 2.07. The molecule has 0 saturated heterocycles. The SMILES string of the molecule is CC(C)ONc1nc(N)nc(-c2ccccc2)n1. The van der Waals surface area contributed by atoms with Crippen molar-refractivity contribution >= 4 is 11.9 Å². The van der Waals surface area contributed by atoms with Crippen LogP contribution in [0, 0.1) is 0 Å². The average Bonchev–Trinajstić information content (AvgIpc) is 2.37. The first kappa shape index (κ1) is 12.3. The number of nitrogens with zero attached hydrogens (tertiary/aromatic N) is 3. The first-order valence-corrected chi connectivity index (χ1v) is 5.64. The molecule has 6 heteroatoms. The summed E-state index contributed by atoms with van der Waals surface area (Å²) in [6.07, 6.45) is 0.0168. The van der Waals surface area contributed by atoms with Crippen molar-refractivity contribution < 1.29 is 4.84 Å². The predicted octanol–water partition coefficient (Wildman–Crippen LogP) is 1.87. The number of nitrogen functional groups attached to an aromatic ring is 1. The highest BCUT2D eigenvalue weighted by molar-refractivity contribution is 5.57. The van der Waals surface area contributed by atoms with Gasteiger partial charge in [0.15, 0.2) is 5.82 Å². The van der Waals surface area contributed by atoms with Gasteiger partial charge in [0.2, 0.25) is 5.95 Å². The molecule has 0 aliphatic carbocycles. The van der Waals surface area contributed by atoms with Gasteiger partial charge in [0.25, 0.3) is 5.95 Å². The van der Waals surface area contributed by atoms with Gasteiger partial charge in [-0.05, 0) is 13.8 Å². The Morgan fingerprint density at radius 2 is 1.83 bits per heavy atom. The Kier molecular flexibility index (Phi) is 3.69. The quantitative estimate of drug-likeness (QED) is 0.800. The number of anilines is 2. The summed E-state index contributed by atoms with van der Waals surface area (Å²) < 4.78 is 0. The summed E-state index contributed by atoms with van der Waals surface area (Å²) in [5.74, 6) is 0.965. The number of hydrogen-bond acceptors (Lipinski definition) is 6. The van der Waals surface area contributed by atoms with E-state index in [4.69, 9.17) is 10.6 Å². The Morgan fingerprint density at radius 3 is 2.50 bits per heavy atom. The second kappa shape index (κ2) is 5.42. The third kappa shape index (κ3) is 3.14. The van der Waals surface area contributed by atoms with Crippen LogP contribution in [-0.2, 0) is 4.84 Å². The van der Waals surface area contributed by atoms with E-state index in [9.17, 15) is 0 Å². The molecule has 94 valence electrons. The first-order valence-electron chi connectivity index (χ1n) is 5.64. The van der Waals surface area contributed by atoms with Crippen molar-refractivity contribution in [1.82, 2.24) is 15.0 Å². The molecule has 18 heavy (non-hydrogen) atoms. The lowest BCUT2D eigenvalue weighted by molar-refractivity contribution is 0.128. The third-order valence-corrected chi connectivity index (χ3v) is 2.07. The van der Waals surface area contributed by atoms with Crippen LogP contribution in [0.2, 0.25) is 0 Å². The molecule has 6 nitrogen and oxygen atoms in total. The fourth-order valence-corrected chi connectivity index (χ4v) is 1.32. The Bertz CT molecular complexity index is 515. The monoisotopic (exact) mass is 245 g/mol. The molecule has 0 bridgehead atoms. The number of benzene rings is 1. The van der Waals surface area contributed by atoms with Gasteiger partial charge < -0.3 is 5.73 Å². The fraction of sp³-hybridized carbons (Fsp3) is 0.250. The molecule has 1 aromatic carbocycles. The van der Waals surface area contributed by atoms with Crippen LogP contribution in [0.5, 0.6) is 0 Å². The van der Waals surface area contributed by atoms with Gasteiger partial charge in [-0.3, -0.25) is 4.84 Å². The van der Waals surface area contributed by atoms with Crippen molar-refractivity contribution in [2.45, 2.75) is 20.0 Å². The molecule has 2 rings (SSSR count). The molecular formula is C12H15N5O. The van der Waals surface area contributed by atoms with Gasteiger partial charge in [0.1, 0.15) is 0 Å². The second-order valence-corrected chi connectivity index (χ2v) is 3.98. The van der Waals surface area contributed by atoms with Gasteiger partial charge in [-0.15, -0.1) is 0 Å². The smallest absolute Gasteiger partial charge is 0.252 e. The van der Waals surface area contributed by atoms with Crippen molar-refractivity contribution in [3.8, 4) is 11.4 Å². The molecule has 0 amide bonds. The molecule has 1 heterocycles. The van der Waals surface area contributed by atoms with Crippen LogP contribution < -0.4 is 11.2 Å². The van der Waals surface area contributed by atoms with E-state index in [-0.39, 0.29) is 12.1 Å². The molecule has 0 fully saturated rings. The molecule has 0 spiro atoms. The minimum Gasteiger partial charge on any atom is -0.368 e. The Balaban J connectivity index is 2.27. The van der Waals surface area contributed by atoms with E-state index in [1.807, 2.05) is 44.2 Å². The highest BCUT2D eigenvalue weighted by Crippen LogP contribution is 2.16. The number of hydrogen-bond donors (Lipinski definition) is 2. The van der Waals surface area contributed by atoms with E-state index in [1.165, 1.54) is 0 Å². The summed E-state index contributed by atoms with van der Waals surface area (Å²) in [7, 11) is 0. The van der Waals surface area contributed by atoms with Crippen LogP contribution in [0.25, 0.3) is 11.4 Å². The summed E-state index contributed by atoms with van der Waals surface area (Å²) in [4.78, 5) is 17.5. The van der Waals surface area contributed by atoms with Gasteiger partial charge in [0.05, 0.1) is 6.10 Å². The molecule has 3 N–H and O–H groups in total. The zero-order valence-electron chi connectivity index (χ0n) is 10.3. The normalized spacial score (nSPS) is 10.6. The molecular weight excluding hydrogens is 230 g/mol. The number of aromatic nitrogens is 3. The maximum Gasteiger partial charge on any atom is 0.252 e. The second-order valence-electron chi connectivity index (χ2n) is 3.98. The average molecular weight is 245 g/mol. The zero-order valence-corrected chi connectivity index (χ0v) is 10.3. The van der Waals surface area contributed by atoms with Gasteiger partial charge in [-0.1, -0.05) is 30.3 Å². The van der Waals surface area contributed by atoms with E-state index >= 15 is 0 Å². The summed E-state index contributed by atoms with van der Waals surface area (Å²) in [6.45, 7) is 3.80. The van der Waals surface area contributed by atoms with Crippen LogP contribution in [0.4, 0.5) is 11.9 Å². The van der Waals surface area contributed by atoms with E-state index in [0.717, 1.165) is 5.56 Å². The maximum absolute atomic E-state index is 5.65. The summed E-state index contributed by atoms with van der Waals surface area (Å²) in [5, 5.41) is 0. The summed E-state index contributed by atoms with van der Waals surface area (Å²) >= 11 is 0. The van der Waals surface area contributed by atoms with E-state index in [2.05, 4.69) is 20.4 Å². The molecule has 0 atom stereocenters. The van der Waals surface area contributed by atoms with Crippen molar-refractivity contribution in [2.75, 3.05) is 11.2 Å². The fourth-order valence-electron chi connectivity index (χ4n) is 1.32. The Hall–Kier alpha value is -2.21. The molecule has 1 aromatic heterocycles. The van der Waals surface area contributed by atoms with Crippen LogP contribution in [0.3, 0.4) is 0 Å². The van der Waals surface area contributed by atoms with Crippen molar-refractivity contribution in [1.29, 1.82) is 0 Å². The summed E-state index contributed by atoms with van der Waals surface area (Å²) in [6, 6.07) is 9.55. The number of rotatable bonds is 4.